The molecule has 204 valence electrons. The average Bonchev–Trinajstić information content (AvgIpc) is 2.87. The molecule has 0 saturated carbocycles. The summed E-state index contributed by atoms with van der Waals surface area (Å²) in [5.74, 6) is -1.55. The molecule has 13 nitrogen and oxygen atoms in total. The Morgan fingerprint density at radius 3 is 1.57 bits per heavy atom. The zero-order valence-corrected chi connectivity index (χ0v) is 26.2. The van der Waals surface area contributed by atoms with Gasteiger partial charge in [-0.05, 0) is 55.5 Å². The van der Waals surface area contributed by atoms with Crippen molar-refractivity contribution in [1.82, 2.24) is 19.9 Å². The number of aromatic amines is 2. The van der Waals surface area contributed by atoms with Crippen LogP contribution in [0.1, 0.15) is 27.6 Å². The van der Waals surface area contributed by atoms with E-state index < -0.39 is 28.6 Å². The number of aromatic nitrogens is 4. The van der Waals surface area contributed by atoms with Crippen molar-refractivity contribution in [3.05, 3.63) is 102 Å². The number of carbonyl (C=O) groups is 2. The van der Waals surface area contributed by atoms with Gasteiger partial charge in [-0.3, -0.25) is 19.6 Å². The summed E-state index contributed by atoms with van der Waals surface area (Å²) < 4.78 is 6.63. The molecule has 2 aromatic heterocycles. The number of hydrogen-bond acceptors (Lipinski definition) is 10. The number of nitrogens with zero attached hydrogens (tertiary/aromatic N) is 2. The standard InChI is InChI=1S/C13H12BrN3O3.C11H8BrN3O3.Na.H2O/c1-2-20-12(19)10-7-15-13(17-11(10)18)16-9-5-3-8(14)4-6-9;12-6-1-3-7(4-2-6)14-11-13-5-8(10(17)18)9(16)15-11;;/h3-7H,2H2,1H3,(H2,15,16,17,18);1-5H,(H,17,18)(H2,13,14,15,16);;1H2/q;;+1;/p-1. The number of carboxylic acids is 1. The van der Waals surface area contributed by atoms with Gasteiger partial charge < -0.3 is 26.0 Å². The number of carboxylic acid groups (broad SMARTS) is 1. The van der Waals surface area contributed by atoms with E-state index in [0.29, 0.717) is 0 Å². The van der Waals surface area contributed by atoms with Crippen LogP contribution in [0.25, 0.3) is 0 Å². The number of anilines is 4. The Morgan fingerprint density at radius 2 is 1.23 bits per heavy atom. The summed E-state index contributed by atoms with van der Waals surface area (Å²) in [6, 6.07) is 14.6. The molecular formula is C24H21Br2N6NaO7. The van der Waals surface area contributed by atoms with Gasteiger partial charge in [0, 0.05) is 20.3 Å². The van der Waals surface area contributed by atoms with Crippen LogP contribution in [-0.4, -0.2) is 49.1 Å². The van der Waals surface area contributed by atoms with Gasteiger partial charge in [0.05, 0.1) is 19.0 Å². The van der Waals surface area contributed by atoms with Crippen LogP contribution < -0.4 is 51.3 Å². The number of carbonyl (C=O) groups excluding carboxylic acids is 1. The Labute approximate surface area is 265 Å². The molecule has 0 saturated heterocycles. The predicted octanol–water partition coefficient (Wildman–Crippen LogP) is 1.25. The molecular weight excluding hydrogens is 667 g/mol. The van der Waals surface area contributed by atoms with Gasteiger partial charge >= 0.3 is 41.5 Å². The molecule has 0 spiro atoms. The zero-order chi connectivity index (χ0) is 27.7. The van der Waals surface area contributed by atoms with E-state index in [1.54, 1.807) is 19.1 Å². The van der Waals surface area contributed by atoms with E-state index in [-0.39, 0.29) is 59.1 Å². The number of rotatable bonds is 7. The van der Waals surface area contributed by atoms with Crippen molar-refractivity contribution in [3.8, 4) is 0 Å². The molecule has 0 atom stereocenters. The Hall–Kier alpha value is -3.34. The third-order valence-electron chi connectivity index (χ3n) is 4.54. The second kappa shape index (κ2) is 16.7. The van der Waals surface area contributed by atoms with Crippen LogP contribution in [0, 0.1) is 0 Å². The maximum atomic E-state index is 11.8. The monoisotopic (exact) mass is 686 g/mol. The molecule has 16 heteroatoms. The summed E-state index contributed by atoms with van der Waals surface area (Å²) in [7, 11) is 0. The maximum absolute atomic E-state index is 11.8. The van der Waals surface area contributed by atoms with E-state index in [0.717, 1.165) is 26.5 Å². The van der Waals surface area contributed by atoms with Crippen LogP contribution in [0.15, 0.2) is 79.5 Å². The van der Waals surface area contributed by atoms with Gasteiger partial charge in [-0.2, -0.15) is 0 Å². The quantitative estimate of drug-likeness (QED) is 0.138. The molecule has 2 heterocycles. The van der Waals surface area contributed by atoms with Crippen molar-refractivity contribution >= 4 is 67.1 Å². The first-order valence-electron chi connectivity index (χ1n) is 10.8. The molecule has 4 rings (SSSR count). The summed E-state index contributed by atoms with van der Waals surface area (Å²) in [6.45, 7) is 1.88. The van der Waals surface area contributed by atoms with Crippen molar-refractivity contribution < 1.29 is 54.5 Å². The first-order valence-corrected chi connectivity index (χ1v) is 12.4. The second-order valence-electron chi connectivity index (χ2n) is 7.24. The smallest absolute Gasteiger partial charge is 0.870 e. The van der Waals surface area contributed by atoms with E-state index in [1.165, 1.54) is 6.20 Å². The van der Waals surface area contributed by atoms with Gasteiger partial charge in [-0.1, -0.05) is 31.9 Å². The fourth-order valence-corrected chi connectivity index (χ4v) is 3.29. The molecule has 40 heavy (non-hydrogen) atoms. The van der Waals surface area contributed by atoms with Crippen LogP contribution in [0.3, 0.4) is 0 Å². The summed E-state index contributed by atoms with van der Waals surface area (Å²) in [5, 5.41) is 14.5. The number of H-pyrrole nitrogens is 2. The van der Waals surface area contributed by atoms with Gasteiger partial charge in [-0.25, -0.2) is 19.6 Å². The van der Waals surface area contributed by atoms with Crippen LogP contribution in [0.2, 0.25) is 0 Å². The summed E-state index contributed by atoms with van der Waals surface area (Å²) in [5.41, 5.74) is -0.260. The first-order chi connectivity index (χ1) is 18.2. The predicted molar refractivity (Wildman–Crippen MR) is 149 cm³/mol. The zero-order valence-electron chi connectivity index (χ0n) is 21.1. The van der Waals surface area contributed by atoms with Gasteiger partial charge in [0.15, 0.2) is 0 Å². The van der Waals surface area contributed by atoms with Gasteiger partial charge in [0.1, 0.15) is 11.1 Å². The number of nitrogens with one attached hydrogen (secondary N) is 4. The fraction of sp³-hybridized carbons (Fsp3) is 0.0833. The van der Waals surface area contributed by atoms with Gasteiger partial charge in [-0.15, -0.1) is 0 Å². The number of aromatic carboxylic acids is 1. The van der Waals surface area contributed by atoms with Crippen molar-refractivity contribution in [1.29, 1.82) is 0 Å². The summed E-state index contributed by atoms with van der Waals surface area (Å²) in [6.07, 6.45) is 2.21. The minimum absolute atomic E-state index is 0. The largest absolute Gasteiger partial charge is 1.00 e. The summed E-state index contributed by atoms with van der Waals surface area (Å²) >= 11 is 6.63. The summed E-state index contributed by atoms with van der Waals surface area (Å²) in [4.78, 5) is 57.9. The maximum Gasteiger partial charge on any atom is 1.00 e. The SMILES string of the molecule is CCOC(=O)c1cnc(Nc2ccc(Br)cc2)[nH]c1=O.O=C(O)c1cnc(Nc2ccc(Br)cc2)[nH]c1=O.[Na+].[OH-]. The number of ether oxygens (including phenoxy) is 1. The first kappa shape index (κ1) is 34.7. The van der Waals surface area contributed by atoms with E-state index in [4.69, 9.17) is 9.84 Å². The van der Waals surface area contributed by atoms with Crippen LogP contribution in [0.4, 0.5) is 23.3 Å². The van der Waals surface area contributed by atoms with Crippen LogP contribution >= 0.6 is 31.9 Å². The van der Waals surface area contributed by atoms with Crippen molar-refractivity contribution in [2.45, 2.75) is 6.92 Å². The van der Waals surface area contributed by atoms with Gasteiger partial charge in [0.2, 0.25) is 11.9 Å². The van der Waals surface area contributed by atoms with E-state index in [1.807, 2.05) is 36.4 Å². The Bertz CT molecular complexity index is 1550. The molecule has 0 aliphatic rings. The second-order valence-corrected chi connectivity index (χ2v) is 9.07. The molecule has 0 aliphatic carbocycles. The average molecular weight is 688 g/mol. The van der Waals surface area contributed by atoms with Crippen LogP contribution in [-0.2, 0) is 4.74 Å². The topological polar surface area (TPSA) is 209 Å². The molecule has 0 fully saturated rings. The van der Waals surface area contributed by atoms with Crippen molar-refractivity contribution in [3.63, 3.8) is 0 Å². The number of benzene rings is 2. The number of hydrogen-bond donors (Lipinski definition) is 5. The normalized spacial score (nSPS) is 9.57. The molecule has 4 aromatic rings. The Kier molecular flexibility index (Phi) is 14.5. The van der Waals surface area contributed by atoms with E-state index in [2.05, 4.69) is 62.4 Å². The van der Waals surface area contributed by atoms with Crippen molar-refractivity contribution in [2.24, 2.45) is 0 Å². The van der Waals surface area contributed by atoms with E-state index >= 15 is 0 Å². The molecule has 0 bridgehead atoms. The number of esters is 1. The molecule has 2 aromatic carbocycles. The minimum atomic E-state index is -1.31. The third-order valence-corrected chi connectivity index (χ3v) is 5.60. The Balaban J connectivity index is 0.000000383. The molecule has 0 unspecified atom stereocenters. The van der Waals surface area contributed by atoms with Crippen molar-refractivity contribution in [2.75, 3.05) is 17.2 Å². The molecule has 0 aliphatic heterocycles. The minimum Gasteiger partial charge on any atom is -0.870 e. The Morgan fingerprint density at radius 1 is 0.825 bits per heavy atom. The fourth-order valence-electron chi connectivity index (χ4n) is 2.76. The van der Waals surface area contributed by atoms with E-state index in [9.17, 15) is 19.2 Å². The molecule has 0 amide bonds. The molecule has 6 N–H and O–H groups in total. The number of halogens is 2. The third kappa shape index (κ3) is 10.3. The molecule has 0 radical (unpaired) electrons. The van der Waals surface area contributed by atoms with Gasteiger partial charge in [0.25, 0.3) is 11.1 Å². The van der Waals surface area contributed by atoms with Crippen LogP contribution in [0.5, 0.6) is 0 Å².